The lowest BCUT2D eigenvalue weighted by Crippen LogP contribution is -2.34. The van der Waals surface area contributed by atoms with Gasteiger partial charge in [-0.1, -0.05) is 12.1 Å². The molecule has 0 saturated heterocycles. The molecule has 0 radical (unpaired) electrons. The highest BCUT2D eigenvalue weighted by molar-refractivity contribution is 5.94. The molecule has 2 aromatic rings. The molecule has 0 unspecified atom stereocenters. The largest absolute Gasteiger partial charge is 0.496 e. The first-order valence-electron chi connectivity index (χ1n) is 7.65. The van der Waals surface area contributed by atoms with Gasteiger partial charge in [0.15, 0.2) is 17.5 Å². The van der Waals surface area contributed by atoms with Crippen LogP contribution in [0.1, 0.15) is 11.1 Å². The van der Waals surface area contributed by atoms with Crippen molar-refractivity contribution in [1.29, 1.82) is 0 Å². The molecule has 26 heavy (non-hydrogen) atoms. The quantitative estimate of drug-likeness (QED) is 0.773. The molecule has 5 nitrogen and oxygen atoms in total. The van der Waals surface area contributed by atoms with E-state index in [0.29, 0.717) is 17.4 Å². The van der Waals surface area contributed by atoms with Crippen LogP contribution in [0.25, 0.3) is 0 Å². The van der Waals surface area contributed by atoms with E-state index in [-0.39, 0.29) is 6.42 Å². The molecule has 0 aliphatic heterocycles. The van der Waals surface area contributed by atoms with Crippen molar-refractivity contribution in [3.63, 3.8) is 0 Å². The molecule has 2 rings (SSSR count). The zero-order valence-corrected chi connectivity index (χ0v) is 14.2. The fraction of sp³-hybridized carbons (Fsp3) is 0.222. The Morgan fingerprint density at radius 3 is 2.46 bits per heavy atom. The summed E-state index contributed by atoms with van der Waals surface area (Å²) in [5.74, 6) is -5.11. The molecule has 8 heteroatoms. The van der Waals surface area contributed by atoms with Crippen molar-refractivity contribution in [2.45, 2.75) is 13.3 Å². The van der Waals surface area contributed by atoms with E-state index < -0.39 is 41.5 Å². The summed E-state index contributed by atoms with van der Waals surface area (Å²) in [6.45, 7) is 1.42. The Hall–Kier alpha value is -3.03. The van der Waals surface area contributed by atoms with Gasteiger partial charge in [0.05, 0.1) is 25.8 Å². The lowest BCUT2D eigenvalue weighted by Gasteiger charge is -2.10. The van der Waals surface area contributed by atoms with E-state index in [1.807, 2.05) is 6.92 Å². The fourth-order valence-electron chi connectivity index (χ4n) is 2.22. The Bertz CT molecular complexity index is 841. The first-order valence-corrected chi connectivity index (χ1v) is 7.65. The van der Waals surface area contributed by atoms with E-state index in [4.69, 9.17) is 4.74 Å². The highest BCUT2D eigenvalue weighted by atomic mass is 19.2. The predicted octanol–water partition coefficient (Wildman–Crippen LogP) is 2.72. The number of anilines is 1. The van der Waals surface area contributed by atoms with Crippen LogP contribution in [0, 0.1) is 24.4 Å². The number of halogens is 3. The van der Waals surface area contributed by atoms with Gasteiger partial charge in [-0.15, -0.1) is 0 Å². The second kappa shape index (κ2) is 8.37. The van der Waals surface area contributed by atoms with Gasteiger partial charge in [0.25, 0.3) is 0 Å². The molecule has 0 fully saturated rings. The number of carbonyl (C=O) groups is 2. The third-order valence-corrected chi connectivity index (χ3v) is 3.59. The Balaban J connectivity index is 1.89. The van der Waals surface area contributed by atoms with Crippen LogP contribution in [0.5, 0.6) is 5.75 Å². The topological polar surface area (TPSA) is 67.4 Å². The van der Waals surface area contributed by atoms with Gasteiger partial charge < -0.3 is 15.4 Å². The summed E-state index contributed by atoms with van der Waals surface area (Å²) in [6.07, 6.45) is 0.0173. The monoisotopic (exact) mass is 366 g/mol. The van der Waals surface area contributed by atoms with Gasteiger partial charge in [-0.05, 0) is 36.2 Å². The van der Waals surface area contributed by atoms with Gasteiger partial charge in [-0.25, -0.2) is 13.2 Å². The van der Waals surface area contributed by atoms with E-state index in [1.165, 1.54) is 7.11 Å². The number of ether oxygens (including phenoxy) is 1. The van der Waals surface area contributed by atoms with E-state index in [2.05, 4.69) is 10.6 Å². The number of benzene rings is 2. The number of hydrogen-bond acceptors (Lipinski definition) is 3. The van der Waals surface area contributed by atoms with Crippen LogP contribution in [0.15, 0.2) is 30.3 Å². The summed E-state index contributed by atoms with van der Waals surface area (Å²) in [4.78, 5) is 23.6. The summed E-state index contributed by atoms with van der Waals surface area (Å²) in [5.41, 5.74) is 1.10. The smallest absolute Gasteiger partial charge is 0.243 e. The zero-order valence-electron chi connectivity index (χ0n) is 14.2. The molecule has 2 amide bonds. The van der Waals surface area contributed by atoms with Crippen molar-refractivity contribution in [3.8, 4) is 5.75 Å². The van der Waals surface area contributed by atoms with Gasteiger partial charge >= 0.3 is 0 Å². The van der Waals surface area contributed by atoms with Crippen LogP contribution >= 0.6 is 0 Å². The highest BCUT2D eigenvalue weighted by Crippen LogP contribution is 2.20. The van der Waals surface area contributed by atoms with Crippen LogP contribution in [0.2, 0.25) is 0 Å². The third kappa shape index (κ3) is 4.75. The third-order valence-electron chi connectivity index (χ3n) is 3.59. The van der Waals surface area contributed by atoms with Crippen molar-refractivity contribution < 1.29 is 27.5 Å². The molecule has 0 aliphatic rings. The Morgan fingerprint density at radius 2 is 1.77 bits per heavy atom. The molecular formula is C18H17F3N2O3. The molecule has 0 aromatic heterocycles. The summed E-state index contributed by atoms with van der Waals surface area (Å²) >= 11 is 0. The van der Waals surface area contributed by atoms with Crippen molar-refractivity contribution in [2.24, 2.45) is 0 Å². The number of methoxy groups -OCH3 is 1. The predicted molar refractivity (Wildman–Crippen MR) is 89.4 cm³/mol. The van der Waals surface area contributed by atoms with Crippen LogP contribution < -0.4 is 15.4 Å². The average molecular weight is 366 g/mol. The number of aryl methyl sites for hydroxylation is 1. The molecule has 0 atom stereocenters. The maximum Gasteiger partial charge on any atom is 0.243 e. The molecule has 0 aliphatic carbocycles. The molecule has 2 N–H and O–H groups in total. The lowest BCUT2D eigenvalue weighted by molar-refractivity contribution is -0.123. The number of carbonyl (C=O) groups excluding carboxylic acids is 2. The Kier molecular flexibility index (Phi) is 6.21. The molecule has 0 spiro atoms. The van der Waals surface area contributed by atoms with Gasteiger partial charge in [0.2, 0.25) is 11.8 Å². The summed E-state index contributed by atoms with van der Waals surface area (Å²) in [6, 6.07) is 6.86. The van der Waals surface area contributed by atoms with Gasteiger partial charge in [-0.3, -0.25) is 9.59 Å². The molecule has 0 heterocycles. The number of nitrogens with one attached hydrogen (secondary N) is 2. The maximum absolute atomic E-state index is 13.5. The summed E-state index contributed by atoms with van der Waals surface area (Å²) in [7, 11) is 1.52. The van der Waals surface area contributed by atoms with Crippen molar-refractivity contribution in [3.05, 3.63) is 58.9 Å². The second-order valence-electron chi connectivity index (χ2n) is 5.53. The van der Waals surface area contributed by atoms with Gasteiger partial charge in [0.1, 0.15) is 5.75 Å². The molecular weight excluding hydrogens is 349 g/mol. The zero-order chi connectivity index (χ0) is 19.3. The molecule has 138 valence electrons. The molecule has 0 saturated carbocycles. The van der Waals surface area contributed by atoms with E-state index in [1.54, 1.807) is 18.2 Å². The van der Waals surface area contributed by atoms with Crippen molar-refractivity contribution in [1.82, 2.24) is 5.32 Å². The average Bonchev–Trinajstić information content (AvgIpc) is 2.62. The number of amides is 2. The summed E-state index contributed by atoms with van der Waals surface area (Å²) < 4.78 is 44.6. The van der Waals surface area contributed by atoms with Gasteiger partial charge in [-0.2, -0.15) is 0 Å². The van der Waals surface area contributed by atoms with Crippen molar-refractivity contribution >= 4 is 17.5 Å². The van der Waals surface area contributed by atoms with Gasteiger partial charge in [0, 0.05) is 0 Å². The SMILES string of the molecule is COc1cc(CC(=O)NCC(=O)Nc2ccc(F)c(F)c2F)ccc1C. The first kappa shape index (κ1) is 19.3. The normalized spacial score (nSPS) is 10.3. The minimum Gasteiger partial charge on any atom is -0.496 e. The molecule has 2 aromatic carbocycles. The fourth-order valence-corrected chi connectivity index (χ4v) is 2.22. The first-order chi connectivity index (χ1) is 12.3. The van der Waals surface area contributed by atoms with Crippen molar-refractivity contribution in [2.75, 3.05) is 19.0 Å². The number of hydrogen-bond donors (Lipinski definition) is 2. The standard InChI is InChI=1S/C18H17F3N2O3/c1-10-3-4-11(7-14(10)26-2)8-15(24)22-9-16(25)23-13-6-5-12(19)17(20)18(13)21/h3-7H,8-9H2,1-2H3,(H,22,24)(H,23,25). The Labute approximate surface area is 148 Å². The van der Waals surface area contributed by atoms with Crippen LogP contribution in [0.4, 0.5) is 18.9 Å². The molecule has 0 bridgehead atoms. The summed E-state index contributed by atoms with van der Waals surface area (Å²) in [5, 5.41) is 4.43. The lowest BCUT2D eigenvalue weighted by atomic mass is 10.1. The number of rotatable bonds is 6. The minimum absolute atomic E-state index is 0.0173. The Morgan fingerprint density at radius 1 is 1.04 bits per heavy atom. The van der Waals surface area contributed by atoms with E-state index >= 15 is 0 Å². The maximum atomic E-state index is 13.5. The highest BCUT2D eigenvalue weighted by Gasteiger charge is 2.15. The van der Waals surface area contributed by atoms with Crippen LogP contribution in [0.3, 0.4) is 0 Å². The van der Waals surface area contributed by atoms with E-state index in [0.717, 1.165) is 11.6 Å². The second-order valence-corrected chi connectivity index (χ2v) is 5.53. The minimum atomic E-state index is -1.68. The van der Waals surface area contributed by atoms with Crippen LogP contribution in [-0.4, -0.2) is 25.5 Å². The van der Waals surface area contributed by atoms with Crippen LogP contribution in [-0.2, 0) is 16.0 Å². The van der Waals surface area contributed by atoms with E-state index in [9.17, 15) is 22.8 Å².